The first kappa shape index (κ1) is 16.3. The lowest BCUT2D eigenvalue weighted by atomic mass is 10.0. The van der Waals surface area contributed by atoms with Crippen molar-refractivity contribution < 1.29 is 18.0 Å². The molecule has 6 heteroatoms. The van der Waals surface area contributed by atoms with Crippen LogP contribution in [0.25, 0.3) is 0 Å². The van der Waals surface area contributed by atoms with Gasteiger partial charge in [-0.15, -0.1) is 0 Å². The van der Waals surface area contributed by atoms with Gasteiger partial charge in [0.2, 0.25) is 0 Å². The summed E-state index contributed by atoms with van der Waals surface area (Å²) in [6.45, 7) is 1.84. The summed E-state index contributed by atoms with van der Waals surface area (Å²) in [5.41, 5.74) is -0.617. The predicted octanol–water partition coefficient (Wildman–Crippen LogP) is 3.40. The van der Waals surface area contributed by atoms with Crippen molar-refractivity contribution in [1.82, 2.24) is 9.80 Å². The molecule has 1 heterocycles. The number of alkyl halides is 3. The third-order valence-electron chi connectivity index (χ3n) is 4.69. The van der Waals surface area contributed by atoms with Crippen LogP contribution in [-0.4, -0.2) is 47.9 Å². The highest BCUT2D eigenvalue weighted by atomic mass is 19.4. The Morgan fingerprint density at radius 3 is 2.30 bits per heavy atom. The fraction of sp³-hybridized carbons (Fsp3) is 0.588. The van der Waals surface area contributed by atoms with E-state index in [-0.39, 0.29) is 23.6 Å². The SMILES string of the molecule is CN1CCC(N(C(=O)c2cccc(C(F)(F)F)c2)C2CC2)CC1. The quantitative estimate of drug-likeness (QED) is 0.850. The molecule has 1 aliphatic heterocycles. The first-order valence-electron chi connectivity index (χ1n) is 8.05. The van der Waals surface area contributed by atoms with E-state index >= 15 is 0 Å². The van der Waals surface area contributed by atoms with Crippen LogP contribution in [-0.2, 0) is 6.18 Å². The minimum absolute atomic E-state index is 0.140. The summed E-state index contributed by atoms with van der Waals surface area (Å²) in [6.07, 6.45) is -0.738. The highest BCUT2D eigenvalue weighted by Gasteiger charge is 2.39. The molecule has 0 atom stereocenters. The van der Waals surface area contributed by atoms with Gasteiger partial charge in [-0.3, -0.25) is 4.79 Å². The molecule has 2 aliphatic rings. The minimum atomic E-state index is -4.42. The van der Waals surface area contributed by atoms with Crippen molar-refractivity contribution >= 4 is 5.91 Å². The number of hydrogen-bond acceptors (Lipinski definition) is 2. The maximum absolute atomic E-state index is 12.9. The topological polar surface area (TPSA) is 23.6 Å². The van der Waals surface area contributed by atoms with Gasteiger partial charge in [0.25, 0.3) is 5.91 Å². The third-order valence-corrected chi connectivity index (χ3v) is 4.69. The summed E-state index contributed by atoms with van der Waals surface area (Å²) in [7, 11) is 2.05. The molecular formula is C17H21F3N2O. The number of nitrogens with zero attached hydrogens (tertiary/aromatic N) is 2. The number of amides is 1. The second kappa shape index (κ2) is 6.15. The van der Waals surface area contributed by atoms with E-state index in [1.165, 1.54) is 12.1 Å². The second-order valence-electron chi connectivity index (χ2n) is 6.56. The summed E-state index contributed by atoms with van der Waals surface area (Å²) in [5, 5.41) is 0. The molecule has 0 radical (unpaired) electrons. The molecule has 1 aliphatic carbocycles. The molecule has 1 aromatic rings. The summed E-state index contributed by atoms with van der Waals surface area (Å²) < 4.78 is 38.6. The van der Waals surface area contributed by atoms with Crippen molar-refractivity contribution in [2.45, 2.75) is 43.9 Å². The predicted molar refractivity (Wildman–Crippen MR) is 81.2 cm³/mol. The molecule has 23 heavy (non-hydrogen) atoms. The number of halogens is 3. The normalized spacial score (nSPS) is 20.5. The molecule has 3 nitrogen and oxygen atoms in total. The zero-order valence-electron chi connectivity index (χ0n) is 13.1. The van der Waals surface area contributed by atoms with Gasteiger partial charge in [0.1, 0.15) is 0 Å². The molecule has 0 aromatic heterocycles. The van der Waals surface area contributed by atoms with Crippen molar-refractivity contribution in [1.29, 1.82) is 0 Å². The number of piperidine rings is 1. The van der Waals surface area contributed by atoms with E-state index < -0.39 is 11.7 Å². The number of likely N-dealkylation sites (tertiary alicyclic amines) is 1. The molecule has 0 bridgehead atoms. The minimum Gasteiger partial charge on any atom is -0.333 e. The van der Waals surface area contributed by atoms with E-state index in [2.05, 4.69) is 4.90 Å². The zero-order chi connectivity index (χ0) is 16.6. The van der Waals surface area contributed by atoms with Crippen molar-refractivity contribution in [2.24, 2.45) is 0 Å². The van der Waals surface area contributed by atoms with Gasteiger partial charge in [-0.05, 0) is 64.0 Å². The van der Waals surface area contributed by atoms with Crippen LogP contribution >= 0.6 is 0 Å². The summed E-state index contributed by atoms with van der Waals surface area (Å²) in [4.78, 5) is 16.9. The Kier molecular flexibility index (Phi) is 4.36. The Labute approximate surface area is 134 Å². The lowest BCUT2D eigenvalue weighted by Gasteiger charge is -2.37. The highest BCUT2D eigenvalue weighted by molar-refractivity contribution is 5.95. The van der Waals surface area contributed by atoms with Crippen LogP contribution in [0.4, 0.5) is 13.2 Å². The van der Waals surface area contributed by atoms with Gasteiger partial charge in [-0.1, -0.05) is 6.07 Å². The van der Waals surface area contributed by atoms with E-state index in [1.807, 2.05) is 11.9 Å². The first-order chi connectivity index (χ1) is 10.9. The van der Waals surface area contributed by atoms with E-state index in [9.17, 15) is 18.0 Å². The van der Waals surface area contributed by atoms with Gasteiger partial charge < -0.3 is 9.80 Å². The molecule has 0 N–H and O–H groups in total. The van der Waals surface area contributed by atoms with Crippen molar-refractivity contribution in [3.8, 4) is 0 Å². The van der Waals surface area contributed by atoms with Gasteiger partial charge >= 0.3 is 6.18 Å². The fourth-order valence-corrected chi connectivity index (χ4v) is 3.23. The number of carbonyl (C=O) groups excluding carboxylic acids is 1. The number of benzene rings is 1. The number of hydrogen-bond donors (Lipinski definition) is 0. The van der Waals surface area contributed by atoms with Gasteiger partial charge in [0.05, 0.1) is 5.56 Å². The number of rotatable bonds is 3. The van der Waals surface area contributed by atoms with Crippen molar-refractivity contribution in [3.63, 3.8) is 0 Å². The summed E-state index contributed by atoms with van der Waals surface area (Å²) >= 11 is 0. The lowest BCUT2D eigenvalue weighted by molar-refractivity contribution is -0.137. The van der Waals surface area contributed by atoms with Gasteiger partial charge in [0, 0.05) is 17.6 Å². The largest absolute Gasteiger partial charge is 0.416 e. The molecule has 1 aromatic carbocycles. The maximum atomic E-state index is 12.9. The van der Waals surface area contributed by atoms with Crippen LogP contribution in [0.1, 0.15) is 41.6 Å². The Bertz CT molecular complexity index is 575. The molecule has 1 saturated heterocycles. The zero-order valence-corrected chi connectivity index (χ0v) is 13.1. The molecule has 3 rings (SSSR count). The average Bonchev–Trinajstić information content (AvgIpc) is 3.33. The summed E-state index contributed by atoms with van der Waals surface area (Å²) in [6, 6.07) is 5.13. The fourth-order valence-electron chi connectivity index (χ4n) is 3.23. The van der Waals surface area contributed by atoms with Crippen LogP contribution in [0, 0.1) is 0 Å². The van der Waals surface area contributed by atoms with Gasteiger partial charge in [-0.2, -0.15) is 13.2 Å². The Morgan fingerprint density at radius 1 is 1.13 bits per heavy atom. The second-order valence-corrected chi connectivity index (χ2v) is 6.56. The molecule has 0 spiro atoms. The molecule has 1 amide bonds. The molecular weight excluding hydrogens is 305 g/mol. The lowest BCUT2D eigenvalue weighted by Crippen LogP contribution is -2.47. The van der Waals surface area contributed by atoms with Crippen molar-refractivity contribution in [2.75, 3.05) is 20.1 Å². The monoisotopic (exact) mass is 326 g/mol. The van der Waals surface area contributed by atoms with E-state index in [1.54, 1.807) is 0 Å². The molecule has 126 valence electrons. The van der Waals surface area contributed by atoms with Crippen LogP contribution in [0.2, 0.25) is 0 Å². The van der Waals surface area contributed by atoms with E-state index in [4.69, 9.17) is 0 Å². The van der Waals surface area contributed by atoms with E-state index in [0.29, 0.717) is 0 Å². The van der Waals surface area contributed by atoms with Crippen LogP contribution < -0.4 is 0 Å². The number of carbonyl (C=O) groups is 1. The first-order valence-corrected chi connectivity index (χ1v) is 8.05. The third kappa shape index (κ3) is 3.68. The highest BCUT2D eigenvalue weighted by Crippen LogP contribution is 2.34. The summed E-state index contributed by atoms with van der Waals surface area (Å²) in [5.74, 6) is -0.256. The standard InChI is InChI=1S/C17H21F3N2O/c1-21-9-7-15(8-10-21)22(14-5-6-14)16(23)12-3-2-4-13(11-12)17(18,19)20/h2-4,11,14-15H,5-10H2,1H3. The van der Waals surface area contributed by atoms with Crippen LogP contribution in [0.15, 0.2) is 24.3 Å². The molecule has 0 unspecified atom stereocenters. The van der Waals surface area contributed by atoms with Crippen LogP contribution in [0.3, 0.4) is 0 Å². The average molecular weight is 326 g/mol. The van der Waals surface area contributed by atoms with E-state index in [0.717, 1.165) is 50.9 Å². The Hall–Kier alpha value is -1.56. The maximum Gasteiger partial charge on any atom is 0.416 e. The molecule has 1 saturated carbocycles. The van der Waals surface area contributed by atoms with Gasteiger partial charge in [0.15, 0.2) is 0 Å². The smallest absolute Gasteiger partial charge is 0.333 e. The molecule has 2 fully saturated rings. The Balaban J connectivity index is 1.82. The van der Waals surface area contributed by atoms with Crippen LogP contribution in [0.5, 0.6) is 0 Å². The Morgan fingerprint density at radius 2 is 1.74 bits per heavy atom. The van der Waals surface area contributed by atoms with Crippen molar-refractivity contribution in [3.05, 3.63) is 35.4 Å². The van der Waals surface area contributed by atoms with Gasteiger partial charge in [-0.25, -0.2) is 0 Å².